The standard InChI is InChI=1S/C27H42O4/c1-17-8-11-21(28)16-20(17)10-9-19-7-6-14-27(5)22(12-13-23(19)27)18(2)15-24(29)25(30)26(3,4)31/h9-10,18,21-24,28-29,31H,1,6-8,11-16H2,2-5H3/b19-9?,20-10-/t18-,21+,22-,23?,24+,27-/m1/s1. The van der Waals surface area contributed by atoms with Gasteiger partial charge < -0.3 is 15.3 Å². The van der Waals surface area contributed by atoms with Crippen molar-refractivity contribution in [3.63, 3.8) is 0 Å². The SMILES string of the molecule is C=C1CC[C@H](O)C/C1=C/C=C1CCC[C@@]2(C)C1CC[C@@H]2[C@H](C)C[C@H](O)C(=O)C(C)(C)O. The Morgan fingerprint density at radius 3 is 2.65 bits per heavy atom. The summed E-state index contributed by atoms with van der Waals surface area (Å²) in [6.45, 7) is 11.6. The first-order valence-corrected chi connectivity index (χ1v) is 12.1. The van der Waals surface area contributed by atoms with Gasteiger partial charge in [0.25, 0.3) is 0 Å². The number of rotatable bonds is 6. The molecule has 31 heavy (non-hydrogen) atoms. The second-order valence-electron chi connectivity index (χ2n) is 11.2. The first kappa shape index (κ1) is 24.4. The van der Waals surface area contributed by atoms with Crippen LogP contribution in [0.4, 0.5) is 0 Å². The topological polar surface area (TPSA) is 77.8 Å². The average Bonchev–Trinajstić information content (AvgIpc) is 3.04. The third-order valence-electron chi connectivity index (χ3n) is 8.41. The molecule has 3 aliphatic rings. The Morgan fingerprint density at radius 2 is 1.97 bits per heavy atom. The van der Waals surface area contributed by atoms with Crippen molar-refractivity contribution in [2.75, 3.05) is 0 Å². The summed E-state index contributed by atoms with van der Waals surface area (Å²) in [5, 5.41) is 30.4. The van der Waals surface area contributed by atoms with Gasteiger partial charge in [0, 0.05) is 0 Å². The Hall–Kier alpha value is -1.23. The third-order valence-corrected chi connectivity index (χ3v) is 8.41. The van der Waals surface area contributed by atoms with Crippen LogP contribution in [0.5, 0.6) is 0 Å². The first-order valence-electron chi connectivity index (χ1n) is 12.1. The highest BCUT2D eigenvalue weighted by Crippen LogP contribution is 2.59. The molecule has 3 N–H and O–H groups in total. The van der Waals surface area contributed by atoms with Gasteiger partial charge in [-0.3, -0.25) is 4.79 Å². The van der Waals surface area contributed by atoms with Crippen molar-refractivity contribution in [3.05, 3.63) is 35.5 Å². The number of Topliss-reactive ketones (excluding diaryl/α,β-unsaturated/α-hetero) is 1. The highest BCUT2D eigenvalue weighted by molar-refractivity contribution is 5.89. The van der Waals surface area contributed by atoms with E-state index in [0.717, 1.165) is 37.7 Å². The highest BCUT2D eigenvalue weighted by atomic mass is 16.3. The predicted molar refractivity (Wildman–Crippen MR) is 124 cm³/mol. The van der Waals surface area contributed by atoms with Gasteiger partial charge in [-0.1, -0.05) is 43.7 Å². The van der Waals surface area contributed by atoms with Crippen LogP contribution in [0.1, 0.15) is 85.5 Å². The van der Waals surface area contributed by atoms with Crippen molar-refractivity contribution in [1.29, 1.82) is 0 Å². The van der Waals surface area contributed by atoms with Crippen LogP contribution in [0.15, 0.2) is 35.5 Å². The predicted octanol–water partition coefficient (Wildman–Crippen LogP) is 4.88. The lowest BCUT2D eigenvalue weighted by atomic mass is 9.60. The lowest BCUT2D eigenvalue weighted by molar-refractivity contribution is -0.144. The molecular weight excluding hydrogens is 388 g/mol. The van der Waals surface area contributed by atoms with E-state index in [9.17, 15) is 20.1 Å². The zero-order valence-electron chi connectivity index (χ0n) is 19.9. The van der Waals surface area contributed by atoms with E-state index in [1.54, 1.807) is 0 Å². The summed E-state index contributed by atoms with van der Waals surface area (Å²) in [6.07, 6.45) is 11.7. The van der Waals surface area contributed by atoms with Crippen LogP contribution in [0.25, 0.3) is 0 Å². The van der Waals surface area contributed by atoms with Crippen LogP contribution in [0.2, 0.25) is 0 Å². The summed E-state index contributed by atoms with van der Waals surface area (Å²) < 4.78 is 0. The molecule has 6 atom stereocenters. The van der Waals surface area contributed by atoms with Crippen LogP contribution in [0, 0.1) is 23.2 Å². The Balaban J connectivity index is 1.73. The minimum atomic E-state index is -1.49. The van der Waals surface area contributed by atoms with E-state index in [1.165, 1.54) is 37.8 Å². The zero-order chi connectivity index (χ0) is 23.0. The first-order chi connectivity index (χ1) is 14.4. The molecule has 3 fully saturated rings. The third kappa shape index (κ3) is 5.23. The lowest BCUT2D eigenvalue weighted by Crippen LogP contribution is -2.42. The molecule has 0 aromatic rings. The number of carbonyl (C=O) groups excluding carboxylic acids is 1. The number of hydrogen-bond acceptors (Lipinski definition) is 4. The average molecular weight is 431 g/mol. The van der Waals surface area contributed by atoms with E-state index in [2.05, 4.69) is 32.6 Å². The van der Waals surface area contributed by atoms with Crippen LogP contribution in [0.3, 0.4) is 0 Å². The summed E-state index contributed by atoms with van der Waals surface area (Å²) in [5.74, 6) is 0.742. The second-order valence-corrected chi connectivity index (χ2v) is 11.2. The molecule has 0 spiro atoms. The minimum Gasteiger partial charge on any atom is -0.393 e. The molecular formula is C27H42O4. The van der Waals surface area contributed by atoms with Crippen molar-refractivity contribution < 1.29 is 20.1 Å². The molecule has 3 aliphatic carbocycles. The number of allylic oxidation sites excluding steroid dienone is 4. The van der Waals surface area contributed by atoms with Crippen molar-refractivity contribution in [3.8, 4) is 0 Å². The monoisotopic (exact) mass is 430 g/mol. The summed E-state index contributed by atoms with van der Waals surface area (Å²) in [6, 6.07) is 0. The number of fused-ring (bicyclic) bond motifs is 1. The van der Waals surface area contributed by atoms with Gasteiger partial charge in [-0.25, -0.2) is 0 Å². The number of hydrogen-bond donors (Lipinski definition) is 3. The van der Waals surface area contributed by atoms with Gasteiger partial charge in [0.2, 0.25) is 0 Å². The van der Waals surface area contributed by atoms with E-state index in [0.29, 0.717) is 24.7 Å². The smallest absolute Gasteiger partial charge is 0.192 e. The van der Waals surface area contributed by atoms with Crippen LogP contribution >= 0.6 is 0 Å². The zero-order valence-corrected chi connectivity index (χ0v) is 19.9. The maximum absolute atomic E-state index is 12.3. The second kappa shape index (κ2) is 9.33. The number of carbonyl (C=O) groups is 1. The fourth-order valence-electron chi connectivity index (χ4n) is 6.64. The number of aliphatic hydroxyl groups excluding tert-OH is 2. The molecule has 0 aliphatic heterocycles. The maximum atomic E-state index is 12.3. The van der Waals surface area contributed by atoms with E-state index in [-0.39, 0.29) is 17.4 Å². The molecule has 4 nitrogen and oxygen atoms in total. The van der Waals surface area contributed by atoms with Gasteiger partial charge in [0.05, 0.1) is 6.10 Å². The Morgan fingerprint density at radius 1 is 1.26 bits per heavy atom. The van der Waals surface area contributed by atoms with Crippen molar-refractivity contribution in [2.24, 2.45) is 23.2 Å². The number of ketones is 1. The lowest BCUT2D eigenvalue weighted by Gasteiger charge is -2.44. The van der Waals surface area contributed by atoms with E-state index >= 15 is 0 Å². The van der Waals surface area contributed by atoms with Gasteiger partial charge in [-0.15, -0.1) is 0 Å². The molecule has 3 rings (SSSR count). The van der Waals surface area contributed by atoms with Crippen LogP contribution in [-0.4, -0.2) is 38.9 Å². The normalized spacial score (nSPS) is 36.5. The van der Waals surface area contributed by atoms with Crippen molar-refractivity contribution in [1.82, 2.24) is 0 Å². The fourth-order valence-corrected chi connectivity index (χ4v) is 6.64. The van der Waals surface area contributed by atoms with E-state index in [1.807, 2.05) is 0 Å². The molecule has 0 amide bonds. The summed E-state index contributed by atoms with van der Waals surface area (Å²) in [7, 11) is 0. The molecule has 0 aromatic heterocycles. The molecule has 3 saturated carbocycles. The molecule has 0 saturated heterocycles. The molecule has 0 heterocycles. The quantitative estimate of drug-likeness (QED) is 0.561. The highest BCUT2D eigenvalue weighted by Gasteiger charge is 2.51. The van der Waals surface area contributed by atoms with Gasteiger partial charge in [0.1, 0.15) is 11.7 Å². The van der Waals surface area contributed by atoms with Crippen molar-refractivity contribution >= 4 is 5.78 Å². The van der Waals surface area contributed by atoms with Gasteiger partial charge in [-0.2, -0.15) is 0 Å². The maximum Gasteiger partial charge on any atom is 0.192 e. The molecule has 174 valence electrons. The molecule has 1 unspecified atom stereocenters. The van der Waals surface area contributed by atoms with Crippen LogP contribution < -0.4 is 0 Å². The molecule has 0 bridgehead atoms. The van der Waals surface area contributed by atoms with E-state index < -0.39 is 17.5 Å². The fraction of sp³-hybridized carbons (Fsp3) is 0.741. The number of aliphatic hydroxyl groups is 3. The molecule has 0 aromatic carbocycles. The van der Waals surface area contributed by atoms with Gasteiger partial charge in [0.15, 0.2) is 5.78 Å². The Bertz CT molecular complexity index is 756. The molecule has 4 heteroatoms. The Kier molecular flexibility index (Phi) is 7.35. The minimum absolute atomic E-state index is 0.183. The van der Waals surface area contributed by atoms with Gasteiger partial charge in [-0.05, 0) is 100 Å². The van der Waals surface area contributed by atoms with Crippen LogP contribution in [-0.2, 0) is 4.79 Å². The Labute approximate surface area is 188 Å². The summed E-state index contributed by atoms with van der Waals surface area (Å²) in [4.78, 5) is 12.3. The summed E-state index contributed by atoms with van der Waals surface area (Å²) >= 11 is 0. The largest absolute Gasteiger partial charge is 0.393 e. The van der Waals surface area contributed by atoms with Crippen molar-refractivity contribution in [2.45, 2.75) is 103 Å². The molecule has 0 radical (unpaired) electrons. The summed E-state index contributed by atoms with van der Waals surface area (Å²) in [5.41, 5.74) is 2.55. The van der Waals surface area contributed by atoms with Gasteiger partial charge >= 0.3 is 0 Å². The van der Waals surface area contributed by atoms with E-state index in [4.69, 9.17) is 0 Å².